The Morgan fingerprint density at radius 1 is 1.15 bits per heavy atom. The number of hydrogen-bond acceptors (Lipinski definition) is 4. The zero-order valence-electron chi connectivity index (χ0n) is 11.1. The highest BCUT2D eigenvalue weighted by Crippen LogP contribution is 2.31. The summed E-state index contributed by atoms with van der Waals surface area (Å²) in [6.07, 6.45) is 4.65. The third-order valence-electron chi connectivity index (χ3n) is 3.19. The summed E-state index contributed by atoms with van der Waals surface area (Å²) in [4.78, 5) is 8.88. The van der Waals surface area contributed by atoms with Crippen LogP contribution in [-0.4, -0.2) is 15.1 Å². The third-order valence-corrected chi connectivity index (χ3v) is 4.07. The molecule has 20 heavy (non-hydrogen) atoms. The largest absolute Gasteiger partial charge is 0.508 e. The van der Waals surface area contributed by atoms with E-state index in [2.05, 4.69) is 16.9 Å². The molecule has 1 aromatic carbocycles. The van der Waals surface area contributed by atoms with Gasteiger partial charge in [0.1, 0.15) is 10.8 Å². The maximum atomic E-state index is 9.33. The molecule has 3 rings (SSSR count). The summed E-state index contributed by atoms with van der Waals surface area (Å²) in [6, 6.07) is 9.14. The predicted molar refractivity (Wildman–Crippen MR) is 81.8 cm³/mol. The number of phenolic OH excluding ortho intramolecular Hbond substituents is 1. The first kappa shape index (κ1) is 12.8. The van der Waals surface area contributed by atoms with Crippen molar-refractivity contribution < 1.29 is 5.11 Å². The van der Waals surface area contributed by atoms with Crippen molar-refractivity contribution in [2.24, 2.45) is 0 Å². The Hall–Kier alpha value is -2.20. The van der Waals surface area contributed by atoms with Crippen molar-refractivity contribution in [1.82, 2.24) is 9.97 Å². The molecule has 0 unspecified atom stereocenters. The van der Waals surface area contributed by atoms with Crippen LogP contribution in [0.25, 0.3) is 21.8 Å². The van der Waals surface area contributed by atoms with Gasteiger partial charge in [-0.05, 0) is 42.3 Å². The molecule has 0 amide bonds. The summed E-state index contributed by atoms with van der Waals surface area (Å²) in [7, 11) is 0. The molecular weight excluding hydrogens is 268 g/mol. The highest BCUT2D eigenvalue weighted by Gasteiger charge is 2.10. The summed E-state index contributed by atoms with van der Waals surface area (Å²) in [5.41, 5.74) is 4.29. The van der Waals surface area contributed by atoms with Crippen LogP contribution in [0.15, 0.2) is 48.1 Å². The summed E-state index contributed by atoms with van der Waals surface area (Å²) in [5, 5.41) is 12.3. The van der Waals surface area contributed by atoms with E-state index in [4.69, 9.17) is 0 Å². The van der Waals surface area contributed by atoms with Gasteiger partial charge < -0.3 is 5.11 Å². The number of benzene rings is 1. The summed E-state index contributed by atoms with van der Waals surface area (Å²) < 4.78 is 0. The van der Waals surface area contributed by atoms with Crippen LogP contribution in [0, 0.1) is 0 Å². The predicted octanol–water partition coefficient (Wildman–Crippen LogP) is 4.14. The number of aromatic nitrogens is 2. The minimum Gasteiger partial charge on any atom is -0.508 e. The Labute approximate surface area is 121 Å². The third kappa shape index (κ3) is 2.42. The molecule has 0 bridgehead atoms. The van der Waals surface area contributed by atoms with Crippen LogP contribution in [-0.2, 0) is 6.42 Å². The van der Waals surface area contributed by atoms with Crippen LogP contribution in [0.3, 0.4) is 0 Å². The van der Waals surface area contributed by atoms with Gasteiger partial charge in [0.2, 0.25) is 0 Å². The van der Waals surface area contributed by atoms with Crippen molar-refractivity contribution in [3.8, 4) is 27.6 Å². The zero-order valence-corrected chi connectivity index (χ0v) is 11.9. The standard InChI is InChI=1S/C16H14N2OS/c1-2-11-7-8-17-9-14(11)16-18-15(10-20-16)12-3-5-13(19)6-4-12/h3-10,19H,2H2,1H3. The average Bonchev–Trinajstić information content (AvgIpc) is 2.97. The summed E-state index contributed by atoms with van der Waals surface area (Å²) in [6.45, 7) is 2.13. The Balaban J connectivity index is 2.00. The molecule has 0 aliphatic rings. The molecule has 3 nitrogen and oxygen atoms in total. The second-order valence-corrected chi connectivity index (χ2v) is 5.33. The van der Waals surface area contributed by atoms with E-state index >= 15 is 0 Å². The number of aromatic hydroxyl groups is 1. The monoisotopic (exact) mass is 282 g/mol. The van der Waals surface area contributed by atoms with Crippen LogP contribution in [0.1, 0.15) is 12.5 Å². The molecule has 0 atom stereocenters. The van der Waals surface area contributed by atoms with Gasteiger partial charge in [0.15, 0.2) is 0 Å². The van der Waals surface area contributed by atoms with Gasteiger partial charge in [-0.15, -0.1) is 11.3 Å². The van der Waals surface area contributed by atoms with Crippen molar-refractivity contribution in [3.63, 3.8) is 0 Å². The van der Waals surface area contributed by atoms with Crippen LogP contribution in [0.2, 0.25) is 0 Å². The molecule has 0 aliphatic heterocycles. The summed E-state index contributed by atoms with van der Waals surface area (Å²) >= 11 is 1.62. The molecule has 0 aliphatic carbocycles. The van der Waals surface area contributed by atoms with Crippen LogP contribution >= 0.6 is 11.3 Å². The SMILES string of the molecule is CCc1ccncc1-c1nc(-c2ccc(O)cc2)cs1. The smallest absolute Gasteiger partial charge is 0.125 e. The lowest BCUT2D eigenvalue weighted by molar-refractivity contribution is 0.475. The van der Waals surface area contributed by atoms with E-state index in [0.29, 0.717) is 0 Å². The molecule has 3 aromatic rings. The van der Waals surface area contributed by atoms with Crippen LogP contribution in [0.4, 0.5) is 0 Å². The van der Waals surface area contributed by atoms with E-state index < -0.39 is 0 Å². The summed E-state index contributed by atoms with van der Waals surface area (Å²) in [5.74, 6) is 0.268. The lowest BCUT2D eigenvalue weighted by Crippen LogP contribution is -1.88. The first-order valence-electron chi connectivity index (χ1n) is 6.46. The Kier molecular flexibility index (Phi) is 3.48. The van der Waals surface area contributed by atoms with Gasteiger partial charge in [0.05, 0.1) is 5.69 Å². The number of nitrogens with zero attached hydrogens (tertiary/aromatic N) is 2. The van der Waals surface area contributed by atoms with Crippen molar-refractivity contribution in [3.05, 3.63) is 53.7 Å². The van der Waals surface area contributed by atoms with Gasteiger partial charge in [0.25, 0.3) is 0 Å². The van der Waals surface area contributed by atoms with E-state index in [-0.39, 0.29) is 5.75 Å². The van der Waals surface area contributed by atoms with Gasteiger partial charge >= 0.3 is 0 Å². The Bertz CT molecular complexity index is 719. The number of thiazole rings is 1. The fourth-order valence-electron chi connectivity index (χ4n) is 2.09. The second-order valence-electron chi connectivity index (χ2n) is 4.47. The minimum atomic E-state index is 0.268. The maximum absolute atomic E-state index is 9.33. The molecule has 100 valence electrons. The highest BCUT2D eigenvalue weighted by molar-refractivity contribution is 7.13. The first-order chi connectivity index (χ1) is 9.78. The lowest BCUT2D eigenvalue weighted by atomic mass is 10.1. The average molecular weight is 282 g/mol. The fourth-order valence-corrected chi connectivity index (χ4v) is 2.96. The van der Waals surface area contributed by atoms with Crippen molar-refractivity contribution >= 4 is 11.3 Å². The number of rotatable bonds is 3. The molecular formula is C16H14N2OS. The van der Waals surface area contributed by atoms with E-state index in [1.54, 1.807) is 23.5 Å². The minimum absolute atomic E-state index is 0.268. The second kappa shape index (κ2) is 5.43. The molecule has 2 aromatic heterocycles. The van der Waals surface area contributed by atoms with Crippen molar-refractivity contribution in [2.75, 3.05) is 0 Å². The number of pyridine rings is 1. The van der Waals surface area contributed by atoms with E-state index in [1.807, 2.05) is 36.0 Å². The normalized spacial score (nSPS) is 10.7. The van der Waals surface area contributed by atoms with Crippen LogP contribution < -0.4 is 0 Å². The fraction of sp³-hybridized carbons (Fsp3) is 0.125. The number of phenols is 1. The topological polar surface area (TPSA) is 46.0 Å². The molecule has 0 radical (unpaired) electrons. The number of aryl methyl sites for hydroxylation is 1. The molecule has 2 heterocycles. The van der Waals surface area contributed by atoms with Gasteiger partial charge in [0, 0.05) is 28.9 Å². The molecule has 0 saturated heterocycles. The van der Waals surface area contributed by atoms with Crippen molar-refractivity contribution in [1.29, 1.82) is 0 Å². The molecule has 0 spiro atoms. The van der Waals surface area contributed by atoms with Crippen molar-refractivity contribution in [2.45, 2.75) is 13.3 Å². The van der Waals surface area contributed by atoms with Gasteiger partial charge in [-0.1, -0.05) is 6.92 Å². The maximum Gasteiger partial charge on any atom is 0.125 e. The van der Waals surface area contributed by atoms with E-state index in [0.717, 1.165) is 28.2 Å². The molecule has 0 saturated carbocycles. The van der Waals surface area contributed by atoms with E-state index in [9.17, 15) is 5.11 Å². The van der Waals surface area contributed by atoms with Gasteiger partial charge in [-0.25, -0.2) is 4.98 Å². The molecule has 0 fully saturated rings. The van der Waals surface area contributed by atoms with E-state index in [1.165, 1.54) is 5.56 Å². The van der Waals surface area contributed by atoms with Gasteiger partial charge in [-0.2, -0.15) is 0 Å². The quantitative estimate of drug-likeness (QED) is 0.785. The highest BCUT2D eigenvalue weighted by atomic mass is 32.1. The number of hydrogen-bond donors (Lipinski definition) is 1. The first-order valence-corrected chi connectivity index (χ1v) is 7.34. The lowest BCUT2D eigenvalue weighted by Gasteiger charge is -2.03. The van der Waals surface area contributed by atoms with Crippen LogP contribution in [0.5, 0.6) is 5.75 Å². The molecule has 4 heteroatoms. The Morgan fingerprint density at radius 2 is 1.95 bits per heavy atom. The van der Waals surface area contributed by atoms with Gasteiger partial charge in [-0.3, -0.25) is 4.98 Å². The molecule has 1 N–H and O–H groups in total. The Morgan fingerprint density at radius 3 is 2.70 bits per heavy atom. The zero-order chi connectivity index (χ0) is 13.9.